The number of aryl methyl sites for hydroxylation is 1. The van der Waals surface area contributed by atoms with Crippen LogP contribution in [-0.2, 0) is 13.5 Å². The van der Waals surface area contributed by atoms with Crippen LogP contribution in [0.25, 0.3) is 0 Å². The first-order valence-corrected chi connectivity index (χ1v) is 6.01. The number of hydrogen-bond donors (Lipinski definition) is 1. The first kappa shape index (κ1) is 11.5. The van der Waals surface area contributed by atoms with E-state index in [4.69, 9.17) is 0 Å². The summed E-state index contributed by atoms with van der Waals surface area (Å²) in [6.07, 6.45) is 1.45. The van der Waals surface area contributed by atoms with Crippen LogP contribution in [0.5, 0.6) is 0 Å². The standard InChI is InChI=1S/C11H12IN3O/c1-15-11(13-7-14-15)6-10(16)8-4-2-3-5-9(8)12/h2-5,7,10,16H,6H2,1H3. The highest BCUT2D eigenvalue weighted by Gasteiger charge is 2.13. The SMILES string of the molecule is Cn1ncnc1CC(O)c1ccccc1I. The molecular formula is C11H12IN3O. The van der Waals surface area contributed by atoms with Gasteiger partial charge < -0.3 is 5.11 Å². The third-order valence-electron chi connectivity index (χ3n) is 2.45. The van der Waals surface area contributed by atoms with Crippen LogP contribution < -0.4 is 0 Å². The van der Waals surface area contributed by atoms with Gasteiger partial charge >= 0.3 is 0 Å². The Bertz CT molecular complexity index is 484. The lowest BCUT2D eigenvalue weighted by atomic mass is 10.1. The van der Waals surface area contributed by atoms with E-state index < -0.39 is 6.10 Å². The van der Waals surface area contributed by atoms with Crippen molar-refractivity contribution in [3.05, 3.63) is 45.6 Å². The largest absolute Gasteiger partial charge is 0.388 e. The van der Waals surface area contributed by atoms with Crippen molar-refractivity contribution in [2.45, 2.75) is 12.5 Å². The van der Waals surface area contributed by atoms with Crippen molar-refractivity contribution in [3.63, 3.8) is 0 Å². The molecule has 4 nitrogen and oxygen atoms in total. The van der Waals surface area contributed by atoms with Crippen LogP contribution >= 0.6 is 22.6 Å². The van der Waals surface area contributed by atoms with Crippen LogP contribution in [-0.4, -0.2) is 19.9 Å². The van der Waals surface area contributed by atoms with E-state index in [0.717, 1.165) is 15.0 Å². The van der Waals surface area contributed by atoms with Crippen molar-refractivity contribution < 1.29 is 5.11 Å². The summed E-state index contributed by atoms with van der Waals surface area (Å²) in [7, 11) is 1.82. The van der Waals surface area contributed by atoms with E-state index in [1.807, 2.05) is 31.3 Å². The molecular weight excluding hydrogens is 317 g/mol. The predicted molar refractivity (Wildman–Crippen MR) is 68.8 cm³/mol. The molecule has 0 aliphatic carbocycles. The van der Waals surface area contributed by atoms with E-state index in [2.05, 4.69) is 32.7 Å². The molecule has 1 N–H and O–H groups in total. The van der Waals surface area contributed by atoms with Crippen molar-refractivity contribution in [3.8, 4) is 0 Å². The number of benzene rings is 1. The molecule has 1 unspecified atom stereocenters. The Morgan fingerprint density at radius 1 is 1.44 bits per heavy atom. The van der Waals surface area contributed by atoms with Gasteiger partial charge in [0.15, 0.2) is 0 Å². The summed E-state index contributed by atoms with van der Waals surface area (Å²) >= 11 is 2.22. The van der Waals surface area contributed by atoms with Gasteiger partial charge in [-0.05, 0) is 34.2 Å². The van der Waals surface area contributed by atoms with E-state index in [0.29, 0.717) is 6.42 Å². The minimum absolute atomic E-state index is 0.483. The normalized spacial score (nSPS) is 12.7. The minimum atomic E-state index is -0.531. The Morgan fingerprint density at radius 3 is 2.81 bits per heavy atom. The van der Waals surface area contributed by atoms with Crippen molar-refractivity contribution in [1.29, 1.82) is 0 Å². The second kappa shape index (κ2) is 4.92. The fourth-order valence-electron chi connectivity index (χ4n) is 1.53. The molecule has 16 heavy (non-hydrogen) atoms. The summed E-state index contributed by atoms with van der Waals surface area (Å²) in [6, 6.07) is 7.80. The molecule has 1 heterocycles. The first-order valence-electron chi connectivity index (χ1n) is 4.94. The molecule has 5 heteroatoms. The Labute approximate surface area is 107 Å². The zero-order valence-corrected chi connectivity index (χ0v) is 11.0. The molecule has 1 aromatic carbocycles. The summed E-state index contributed by atoms with van der Waals surface area (Å²) in [5.74, 6) is 0.784. The number of hydrogen-bond acceptors (Lipinski definition) is 3. The summed E-state index contributed by atoms with van der Waals surface area (Å²) in [5, 5.41) is 14.1. The van der Waals surface area contributed by atoms with E-state index in [-0.39, 0.29) is 0 Å². The van der Waals surface area contributed by atoms with Gasteiger partial charge in [-0.3, -0.25) is 4.68 Å². The second-order valence-electron chi connectivity index (χ2n) is 3.54. The Balaban J connectivity index is 2.18. The second-order valence-corrected chi connectivity index (χ2v) is 4.70. The van der Waals surface area contributed by atoms with Gasteiger partial charge in [-0.1, -0.05) is 18.2 Å². The van der Waals surface area contributed by atoms with Gasteiger partial charge in [0, 0.05) is 17.0 Å². The molecule has 0 fully saturated rings. The van der Waals surface area contributed by atoms with Gasteiger partial charge in [-0.25, -0.2) is 4.98 Å². The number of halogens is 1. The van der Waals surface area contributed by atoms with Crippen LogP contribution in [0.1, 0.15) is 17.5 Å². The molecule has 0 amide bonds. The van der Waals surface area contributed by atoms with Crippen molar-refractivity contribution in [1.82, 2.24) is 14.8 Å². The van der Waals surface area contributed by atoms with Gasteiger partial charge in [0.25, 0.3) is 0 Å². The lowest BCUT2D eigenvalue weighted by Gasteiger charge is -2.11. The highest BCUT2D eigenvalue weighted by Crippen LogP contribution is 2.22. The summed E-state index contributed by atoms with van der Waals surface area (Å²) < 4.78 is 2.74. The topological polar surface area (TPSA) is 50.9 Å². The molecule has 0 radical (unpaired) electrons. The molecule has 0 aliphatic rings. The van der Waals surface area contributed by atoms with Gasteiger partial charge in [0.1, 0.15) is 12.2 Å². The number of aromatic nitrogens is 3. The molecule has 1 aromatic heterocycles. The highest BCUT2D eigenvalue weighted by molar-refractivity contribution is 14.1. The average Bonchev–Trinajstić information content (AvgIpc) is 2.65. The molecule has 1 atom stereocenters. The summed E-state index contributed by atoms with van der Waals surface area (Å²) in [6.45, 7) is 0. The molecule has 0 spiro atoms. The van der Waals surface area contributed by atoms with Crippen LogP contribution in [0.3, 0.4) is 0 Å². The average molecular weight is 329 g/mol. The predicted octanol–water partition coefficient (Wildman–Crippen LogP) is 1.70. The number of nitrogens with zero attached hydrogens (tertiary/aromatic N) is 3. The van der Waals surface area contributed by atoms with Gasteiger partial charge in [0.2, 0.25) is 0 Å². The van der Waals surface area contributed by atoms with E-state index in [9.17, 15) is 5.11 Å². The summed E-state index contributed by atoms with van der Waals surface area (Å²) in [4.78, 5) is 4.10. The number of rotatable bonds is 3. The zero-order valence-electron chi connectivity index (χ0n) is 8.84. The third-order valence-corrected chi connectivity index (χ3v) is 3.43. The van der Waals surface area contributed by atoms with Crippen molar-refractivity contribution >= 4 is 22.6 Å². The van der Waals surface area contributed by atoms with E-state index >= 15 is 0 Å². The van der Waals surface area contributed by atoms with Crippen molar-refractivity contribution in [2.24, 2.45) is 7.05 Å². The third kappa shape index (κ3) is 2.41. The molecule has 2 aromatic rings. The zero-order chi connectivity index (χ0) is 11.5. The maximum Gasteiger partial charge on any atom is 0.138 e. The van der Waals surface area contributed by atoms with E-state index in [1.165, 1.54) is 6.33 Å². The molecule has 0 bridgehead atoms. The molecule has 2 rings (SSSR count). The van der Waals surface area contributed by atoms with Crippen molar-refractivity contribution in [2.75, 3.05) is 0 Å². The lowest BCUT2D eigenvalue weighted by molar-refractivity contribution is 0.173. The first-order chi connectivity index (χ1) is 7.68. The Kier molecular flexibility index (Phi) is 3.55. The monoisotopic (exact) mass is 329 g/mol. The Morgan fingerprint density at radius 2 is 2.19 bits per heavy atom. The van der Waals surface area contributed by atoms with E-state index in [1.54, 1.807) is 4.68 Å². The highest BCUT2D eigenvalue weighted by atomic mass is 127. The van der Waals surface area contributed by atoms with Crippen LogP contribution in [0, 0.1) is 3.57 Å². The number of aliphatic hydroxyl groups is 1. The molecule has 0 saturated carbocycles. The smallest absolute Gasteiger partial charge is 0.138 e. The lowest BCUT2D eigenvalue weighted by Crippen LogP contribution is -2.08. The quantitative estimate of drug-likeness (QED) is 0.872. The molecule has 0 aliphatic heterocycles. The van der Waals surface area contributed by atoms with Gasteiger partial charge in [-0.2, -0.15) is 5.10 Å². The van der Waals surface area contributed by atoms with Gasteiger partial charge in [-0.15, -0.1) is 0 Å². The van der Waals surface area contributed by atoms with Crippen LogP contribution in [0.4, 0.5) is 0 Å². The van der Waals surface area contributed by atoms with Crippen LogP contribution in [0.2, 0.25) is 0 Å². The van der Waals surface area contributed by atoms with Crippen LogP contribution in [0.15, 0.2) is 30.6 Å². The minimum Gasteiger partial charge on any atom is -0.388 e. The van der Waals surface area contributed by atoms with Gasteiger partial charge in [0.05, 0.1) is 6.10 Å². The molecule has 84 valence electrons. The Hall–Kier alpha value is -0.950. The number of aliphatic hydroxyl groups excluding tert-OH is 1. The maximum absolute atomic E-state index is 10.1. The fraction of sp³-hybridized carbons (Fsp3) is 0.273. The fourth-order valence-corrected chi connectivity index (χ4v) is 2.28. The maximum atomic E-state index is 10.1. The summed E-state index contributed by atoms with van der Waals surface area (Å²) in [5.41, 5.74) is 0.936. The molecule has 0 saturated heterocycles.